The summed E-state index contributed by atoms with van der Waals surface area (Å²) < 4.78 is 4.99. The van der Waals surface area contributed by atoms with Gasteiger partial charge in [-0.15, -0.1) is 0 Å². The number of hydrogen-bond acceptors (Lipinski definition) is 5. The molecule has 0 fully saturated rings. The van der Waals surface area contributed by atoms with Crippen LogP contribution in [0, 0.1) is 13.8 Å². The minimum absolute atomic E-state index is 0.192. The fourth-order valence-corrected chi connectivity index (χ4v) is 2.53. The third-order valence-corrected chi connectivity index (χ3v) is 3.76. The summed E-state index contributed by atoms with van der Waals surface area (Å²) in [5.41, 5.74) is 3.32. The molecule has 0 bridgehead atoms. The Kier molecular flexibility index (Phi) is 6.89. The number of anilines is 2. The Morgan fingerprint density at radius 1 is 1.24 bits per heavy atom. The molecule has 1 aromatic heterocycles. The molecule has 0 unspecified atom stereocenters. The van der Waals surface area contributed by atoms with E-state index in [4.69, 9.17) is 4.74 Å². The smallest absolute Gasteiger partial charge is 0.270 e. The van der Waals surface area contributed by atoms with Gasteiger partial charge in [0.05, 0.1) is 0 Å². The Labute approximate surface area is 149 Å². The topological polar surface area (TPSA) is 67.4 Å². The van der Waals surface area contributed by atoms with Crippen molar-refractivity contribution in [3.8, 4) is 0 Å². The summed E-state index contributed by atoms with van der Waals surface area (Å²) >= 11 is 0. The van der Waals surface area contributed by atoms with Crippen LogP contribution >= 0.6 is 0 Å². The van der Waals surface area contributed by atoms with Crippen LogP contribution in [-0.2, 0) is 4.74 Å². The van der Waals surface area contributed by atoms with Gasteiger partial charge in [0.1, 0.15) is 5.69 Å². The predicted molar refractivity (Wildman–Crippen MR) is 99.5 cm³/mol. The zero-order valence-corrected chi connectivity index (χ0v) is 15.4. The first-order chi connectivity index (χ1) is 12.0. The summed E-state index contributed by atoms with van der Waals surface area (Å²) in [6, 6.07) is 9.87. The molecule has 0 saturated carbocycles. The van der Waals surface area contributed by atoms with E-state index < -0.39 is 0 Å². The Bertz CT molecular complexity index is 718. The van der Waals surface area contributed by atoms with E-state index >= 15 is 0 Å². The lowest BCUT2D eigenvalue weighted by Gasteiger charge is -2.22. The van der Waals surface area contributed by atoms with Crippen LogP contribution in [0.5, 0.6) is 0 Å². The van der Waals surface area contributed by atoms with Gasteiger partial charge >= 0.3 is 0 Å². The number of carbonyl (C=O) groups excluding carboxylic acids is 1. The molecule has 1 heterocycles. The van der Waals surface area contributed by atoms with Gasteiger partial charge in [0.2, 0.25) is 5.95 Å². The third-order valence-electron chi connectivity index (χ3n) is 3.76. The van der Waals surface area contributed by atoms with Gasteiger partial charge in [-0.25, -0.2) is 9.97 Å². The molecule has 0 aliphatic heterocycles. The lowest BCUT2D eigenvalue weighted by atomic mass is 10.2. The van der Waals surface area contributed by atoms with Crippen LogP contribution in [0.1, 0.15) is 35.1 Å². The van der Waals surface area contributed by atoms with Crippen molar-refractivity contribution in [1.82, 2.24) is 15.3 Å². The highest BCUT2D eigenvalue weighted by Gasteiger charge is 2.15. The van der Waals surface area contributed by atoms with Gasteiger partial charge in [0, 0.05) is 38.2 Å². The lowest BCUT2D eigenvalue weighted by Crippen LogP contribution is -2.27. The van der Waals surface area contributed by atoms with Crippen molar-refractivity contribution in [3.05, 3.63) is 47.3 Å². The number of carbonyl (C=O) groups is 1. The second kappa shape index (κ2) is 9.13. The van der Waals surface area contributed by atoms with E-state index in [1.54, 1.807) is 13.2 Å². The van der Waals surface area contributed by atoms with Crippen molar-refractivity contribution in [2.45, 2.75) is 27.2 Å². The maximum absolute atomic E-state index is 12.4. The zero-order valence-electron chi connectivity index (χ0n) is 15.4. The van der Waals surface area contributed by atoms with Crippen LogP contribution in [-0.4, -0.2) is 42.7 Å². The zero-order chi connectivity index (χ0) is 18.2. The number of nitrogens with one attached hydrogen (secondary N) is 1. The number of methoxy groups -OCH3 is 1. The first-order valence-electron chi connectivity index (χ1n) is 8.52. The fourth-order valence-electron chi connectivity index (χ4n) is 2.53. The number of aryl methyl sites for hydroxylation is 2. The van der Waals surface area contributed by atoms with Gasteiger partial charge in [-0.1, -0.05) is 12.1 Å². The molecule has 1 amide bonds. The number of amides is 1. The van der Waals surface area contributed by atoms with Crippen LogP contribution in [0.25, 0.3) is 0 Å². The van der Waals surface area contributed by atoms with Crippen LogP contribution in [0.2, 0.25) is 0 Å². The van der Waals surface area contributed by atoms with E-state index in [1.165, 1.54) is 5.56 Å². The van der Waals surface area contributed by atoms with Crippen LogP contribution < -0.4 is 10.2 Å². The van der Waals surface area contributed by atoms with Crippen molar-refractivity contribution in [2.24, 2.45) is 0 Å². The molecule has 0 atom stereocenters. The molecule has 0 aliphatic rings. The van der Waals surface area contributed by atoms with Crippen LogP contribution in [0.3, 0.4) is 0 Å². The Balaban J connectivity index is 2.23. The average Bonchev–Trinajstić information content (AvgIpc) is 2.59. The van der Waals surface area contributed by atoms with Gasteiger partial charge in [-0.05, 0) is 51.0 Å². The van der Waals surface area contributed by atoms with Crippen molar-refractivity contribution in [2.75, 3.05) is 31.7 Å². The second-order valence-electron chi connectivity index (χ2n) is 5.88. The average molecular weight is 342 g/mol. The maximum atomic E-state index is 12.4. The molecule has 0 spiro atoms. The highest BCUT2D eigenvalue weighted by molar-refractivity contribution is 5.92. The summed E-state index contributed by atoms with van der Waals surface area (Å²) in [5, 5.41) is 2.87. The normalized spacial score (nSPS) is 10.6. The van der Waals surface area contributed by atoms with Gasteiger partial charge < -0.3 is 15.0 Å². The van der Waals surface area contributed by atoms with E-state index in [2.05, 4.69) is 21.4 Å². The summed E-state index contributed by atoms with van der Waals surface area (Å²) in [4.78, 5) is 23.4. The van der Waals surface area contributed by atoms with E-state index in [9.17, 15) is 4.79 Å². The molecule has 0 aliphatic carbocycles. The molecule has 1 N–H and O–H groups in total. The molecular formula is C19H26N4O2. The Morgan fingerprint density at radius 2 is 2.04 bits per heavy atom. The first kappa shape index (κ1) is 18.9. The third kappa shape index (κ3) is 5.26. The monoisotopic (exact) mass is 342 g/mol. The van der Waals surface area contributed by atoms with E-state index in [-0.39, 0.29) is 5.91 Å². The van der Waals surface area contributed by atoms with E-state index in [0.29, 0.717) is 31.3 Å². The van der Waals surface area contributed by atoms with Crippen LogP contribution in [0.4, 0.5) is 11.6 Å². The molecule has 6 nitrogen and oxygen atoms in total. The van der Waals surface area contributed by atoms with Crippen LogP contribution in [0.15, 0.2) is 30.3 Å². The van der Waals surface area contributed by atoms with E-state index in [1.807, 2.05) is 43.9 Å². The second-order valence-corrected chi connectivity index (χ2v) is 5.88. The lowest BCUT2D eigenvalue weighted by molar-refractivity contribution is 0.0943. The minimum Gasteiger partial charge on any atom is -0.385 e. The molecule has 2 rings (SSSR count). The summed E-state index contributed by atoms with van der Waals surface area (Å²) in [7, 11) is 1.65. The quantitative estimate of drug-likeness (QED) is 0.747. The Morgan fingerprint density at radius 3 is 2.72 bits per heavy atom. The van der Waals surface area contributed by atoms with Crippen molar-refractivity contribution in [1.29, 1.82) is 0 Å². The van der Waals surface area contributed by atoms with Crippen molar-refractivity contribution < 1.29 is 9.53 Å². The highest BCUT2D eigenvalue weighted by atomic mass is 16.5. The number of hydrogen-bond donors (Lipinski definition) is 1. The minimum atomic E-state index is -0.192. The summed E-state index contributed by atoms with van der Waals surface area (Å²) in [6.07, 6.45) is 0.767. The van der Waals surface area contributed by atoms with Gasteiger partial charge in [-0.3, -0.25) is 4.79 Å². The number of rotatable bonds is 8. The predicted octanol–water partition coefficient (Wildman–Crippen LogP) is 3.02. The van der Waals surface area contributed by atoms with Gasteiger partial charge in [-0.2, -0.15) is 0 Å². The molecule has 6 heteroatoms. The van der Waals surface area contributed by atoms with Gasteiger partial charge in [0.25, 0.3) is 5.91 Å². The SMILES string of the molecule is CCN(c1cccc(C)c1)c1nc(C)cc(C(=O)NCCCOC)n1. The summed E-state index contributed by atoms with van der Waals surface area (Å²) in [6.45, 7) is 7.84. The molecule has 1 aromatic carbocycles. The summed E-state index contributed by atoms with van der Waals surface area (Å²) in [5.74, 6) is 0.346. The molecule has 0 radical (unpaired) electrons. The molecule has 134 valence electrons. The number of aromatic nitrogens is 2. The number of ether oxygens (including phenoxy) is 1. The first-order valence-corrected chi connectivity index (χ1v) is 8.52. The standard InChI is InChI=1S/C19H26N4O2/c1-5-23(16-9-6-8-14(2)12-16)19-21-15(3)13-17(22-19)18(24)20-10-7-11-25-4/h6,8-9,12-13H,5,7,10-11H2,1-4H3,(H,20,24). The molecule has 2 aromatic rings. The molecule has 0 saturated heterocycles. The molecule has 25 heavy (non-hydrogen) atoms. The van der Waals surface area contributed by atoms with Crippen molar-refractivity contribution >= 4 is 17.5 Å². The Hall–Kier alpha value is -2.47. The van der Waals surface area contributed by atoms with E-state index in [0.717, 1.165) is 17.8 Å². The number of benzene rings is 1. The molecular weight excluding hydrogens is 316 g/mol. The maximum Gasteiger partial charge on any atom is 0.270 e. The number of nitrogens with zero attached hydrogens (tertiary/aromatic N) is 3. The largest absolute Gasteiger partial charge is 0.385 e. The highest BCUT2D eigenvalue weighted by Crippen LogP contribution is 2.23. The van der Waals surface area contributed by atoms with Gasteiger partial charge in [0.15, 0.2) is 0 Å². The fraction of sp³-hybridized carbons (Fsp3) is 0.421. The van der Waals surface area contributed by atoms with Crippen molar-refractivity contribution in [3.63, 3.8) is 0 Å².